The maximum absolute atomic E-state index is 13.1. The zero-order valence-corrected chi connectivity index (χ0v) is 15.8. The van der Waals surface area contributed by atoms with Crippen molar-refractivity contribution >= 4 is 17.7 Å². The highest BCUT2D eigenvalue weighted by Gasteiger charge is 2.34. The van der Waals surface area contributed by atoms with Gasteiger partial charge in [0.15, 0.2) is 10.9 Å². The van der Waals surface area contributed by atoms with Gasteiger partial charge in [0.1, 0.15) is 11.4 Å². The third-order valence-electron chi connectivity index (χ3n) is 4.10. The Hall–Kier alpha value is -2.07. The molecule has 0 aromatic carbocycles. The highest BCUT2D eigenvalue weighted by molar-refractivity contribution is 7.99. The molecule has 10 heteroatoms. The Bertz CT molecular complexity index is 778. The number of rotatable bonds is 8. The van der Waals surface area contributed by atoms with Crippen molar-refractivity contribution in [2.45, 2.75) is 43.1 Å². The highest BCUT2D eigenvalue weighted by Crippen LogP contribution is 2.32. The molecule has 0 bridgehead atoms. The van der Waals surface area contributed by atoms with Crippen LogP contribution in [0, 0.1) is 0 Å². The minimum absolute atomic E-state index is 0.000916. The van der Waals surface area contributed by atoms with Gasteiger partial charge in [0.05, 0.1) is 12.4 Å². The zero-order chi connectivity index (χ0) is 20.0. The largest absolute Gasteiger partial charge is 0.463 e. The Morgan fingerprint density at radius 2 is 2.21 bits per heavy atom. The fourth-order valence-electron chi connectivity index (χ4n) is 2.70. The van der Waals surface area contributed by atoms with Crippen LogP contribution in [-0.2, 0) is 15.7 Å². The maximum atomic E-state index is 13.1. The number of hydrogen-bond donors (Lipinski definition) is 1. The van der Waals surface area contributed by atoms with Crippen LogP contribution in [0.25, 0.3) is 11.5 Å². The average Bonchev–Trinajstić information content (AvgIpc) is 3.36. The number of thioether (sulfide) groups is 1. The molecular formula is C18H20F3N3O3S. The summed E-state index contributed by atoms with van der Waals surface area (Å²) in [6, 6.07) is 3.98. The summed E-state index contributed by atoms with van der Waals surface area (Å²) in [4.78, 5) is 19.6. The van der Waals surface area contributed by atoms with Crippen LogP contribution >= 0.6 is 11.8 Å². The first kappa shape index (κ1) is 20.7. The van der Waals surface area contributed by atoms with Gasteiger partial charge in [-0.05, 0) is 37.5 Å². The number of furan rings is 1. The van der Waals surface area contributed by atoms with Crippen molar-refractivity contribution in [3.63, 3.8) is 0 Å². The van der Waals surface area contributed by atoms with Gasteiger partial charge >= 0.3 is 6.18 Å². The molecule has 0 unspecified atom stereocenters. The summed E-state index contributed by atoms with van der Waals surface area (Å²) in [6.07, 6.45) is -0.401. The number of ether oxygens (including phenoxy) is 1. The van der Waals surface area contributed by atoms with E-state index in [1.807, 2.05) is 0 Å². The van der Waals surface area contributed by atoms with Crippen LogP contribution in [0.2, 0.25) is 0 Å². The molecule has 0 aliphatic carbocycles. The molecule has 0 spiro atoms. The first-order chi connectivity index (χ1) is 13.4. The number of nitrogens with one attached hydrogen (secondary N) is 1. The van der Waals surface area contributed by atoms with Crippen molar-refractivity contribution in [2.75, 3.05) is 18.9 Å². The third kappa shape index (κ3) is 5.96. The highest BCUT2D eigenvalue weighted by atomic mass is 32.2. The molecule has 1 atom stereocenters. The Balaban J connectivity index is 1.52. The molecule has 1 aliphatic rings. The second kappa shape index (κ2) is 9.42. The normalized spacial score (nSPS) is 17.0. The summed E-state index contributed by atoms with van der Waals surface area (Å²) in [5.74, 6) is 0.562. The molecule has 3 rings (SSSR count). The minimum atomic E-state index is -4.58. The van der Waals surface area contributed by atoms with E-state index < -0.39 is 11.9 Å². The van der Waals surface area contributed by atoms with Gasteiger partial charge in [-0.1, -0.05) is 11.8 Å². The maximum Gasteiger partial charge on any atom is 0.433 e. The predicted molar refractivity (Wildman–Crippen MR) is 96.7 cm³/mol. The van der Waals surface area contributed by atoms with Crippen LogP contribution in [0.4, 0.5) is 13.2 Å². The number of nitrogens with zero attached hydrogens (tertiary/aromatic N) is 2. The molecule has 6 nitrogen and oxygen atoms in total. The summed E-state index contributed by atoms with van der Waals surface area (Å²) in [6.45, 7) is 1.23. The molecule has 2 aromatic heterocycles. The molecule has 152 valence electrons. The lowest BCUT2D eigenvalue weighted by Gasteiger charge is -2.11. The second-order valence-corrected chi connectivity index (χ2v) is 7.35. The Morgan fingerprint density at radius 1 is 1.36 bits per heavy atom. The quantitative estimate of drug-likeness (QED) is 0.400. The molecule has 1 amide bonds. The molecule has 1 fully saturated rings. The van der Waals surface area contributed by atoms with E-state index in [4.69, 9.17) is 9.15 Å². The number of carbonyl (C=O) groups excluding carboxylic acids is 1. The first-order valence-electron chi connectivity index (χ1n) is 8.93. The summed E-state index contributed by atoms with van der Waals surface area (Å²) in [5.41, 5.74) is -0.949. The van der Waals surface area contributed by atoms with Crippen molar-refractivity contribution in [1.29, 1.82) is 0 Å². The van der Waals surface area contributed by atoms with Gasteiger partial charge in [0.25, 0.3) is 0 Å². The smallest absolute Gasteiger partial charge is 0.433 e. The van der Waals surface area contributed by atoms with Gasteiger partial charge in [0, 0.05) is 25.3 Å². The Labute approximate surface area is 164 Å². The van der Waals surface area contributed by atoms with Gasteiger partial charge in [0.2, 0.25) is 5.91 Å². The minimum Gasteiger partial charge on any atom is -0.463 e. The molecule has 1 saturated heterocycles. The summed E-state index contributed by atoms with van der Waals surface area (Å²) >= 11 is 1.08. The van der Waals surface area contributed by atoms with Gasteiger partial charge in [-0.3, -0.25) is 4.79 Å². The Morgan fingerprint density at radius 3 is 2.89 bits per heavy atom. The van der Waals surface area contributed by atoms with Gasteiger partial charge in [-0.2, -0.15) is 13.2 Å². The van der Waals surface area contributed by atoms with E-state index in [2.05, 4.69) is 15.3 Å². The van der Waals surface area contributed by atoms with Gasteiger partial charge in [-0.15, -0.1) is 0 Å². The lowest BCUT2D eigenvalue weighted by atomic mass is 10.2. The molecular weight excluding hydrogens is 395 g/mol. The topological polar surface area (TPSA) is 77.2 Å². The van der Waals surface area contributed by atoms with E-state index in [1.54, 1.807) is 6.07 Å². The summed E-state index contributed by atoms with van der Waals surface area (Å²) < 4.78 is 49.9. The van der Waals surface area contributed by atoms with Crippen LogP contribution in [0.1, 0.15) is 31.4 Å². The SMILES string of the molecule is O=C(CCCSc1nc(-c2ccco2)cc(C(F)(F)F)n1)NC[C@@H]1CCCO1. The standard InChI is InChI=1S/C18H20F3N3O3S/c19-18(20,21)15-10-13(14-5-2-8-27-14)23-17(24-15)28-9-3-6-16(25)22-11-12-4-1-7-26-12/h2,5,8,10,12H,1,3-4,6-7,9,11H2,(H,22,25)/t12-/m0/s1. The zero-order valence-electron chi connectivity index (χ0n) is 15.0. The fourth-order valence-corrected chi connectivity index (χ4v) is 3.50. The molecule has 1 N–H and O–H groups in total. The van der Waals surface area contributed by atoms with Crippen molar-refractivity contribution in [2.24, 2.45) is 0 Å². The Kier molecular flexibility index (Phi) is 6.95. The molecule has 0 radical (unpaired) electrons. The van der Waals surface area contributed by atoms with E-state index in [0.29, 0.717) is 18.7 Å². The monoisotopic (exact) mass is 415 g/mol. The molecule has 2 aromatic rings. The lowest BCUT2D eigenvalue weighted by Crippen LogP contribution is -2.31. The number of aromatic nitrogens is 2. The number of hydrogen-bond acceptors (Lipinski definition) is 6. The van der Waals surface area contributed by atoms with Gasteiger partial charge in [-0.25, -0.2) is 9.97 Å². The second-order valence-electron chi connectivity index (χ2n) is 6.29. The first-order valence-corrected chi connectivity index (χ1v) is 9.91. The van der Waals surface area contributed by atoms with Crippen LogP contribution in [0.3, 0.4) is 0 Å². The van der Waals surface area contributed by atoms with Crippen LogP contribution in [0.5, 0.6) is 0 Å². The number of carbonyl (C=O) groups is 1. The van der Waals surface area contributed by atoms with E-state index in [9.17, 15) is 18.0 Å². The molecule has 0 saturated carbocycles. The van der Waals surface area contributed by atoms with Crippen molar-refractivity contribution in [1.82, 2.24) is 15.3 Å². The summed E-state index contributed by atoms with van der Waals surface area (Å²) in [7, 11) is 0. The molecule has 3 heterocycles. The third-order valence-corrected chi connectivity index (χ3v) is 5.03. The van der Waals surface area contributed by atoms with E-state index >= 15 is 0 Å². The fraction of sp³-hybridized carbons (Fsp3) is 0.500. The lowest BCUT2D eigenvalue weighted by molar-refractivity contribution is -0.141. The predicted octanol–water partition coefficient (Wildman–Crippen LogP) is 3.92. The van der Waals surface area contributed by atoms with E-state index in [0.717, 1.165) is 37.3 Å². The number of amides is 1. The van der Waals surface area contributed by atoms with E-state index in [1.165, 1.54) is 12.3 Å². The van der Waals surface area contributed by atoms with Crippen LogP contribution in [-0.4, -0.2) is 40.9 Å². The number of alkyl halides is 3. The van der Waals surface area contributed by atoms with Crippen molar-refractivity contribution in [3.8, 4) is 11.5 Å². The summed E-state index contributed by atoms with van der Waals surface area (Å²) in [5, 5.41) is 2.82. The molecule has 28 heavy (non-hydrogen) atoms. The van der Waals surface area contributed by atoms with Crippen molar-refractivity contribution < 1.29 is 27.1 Å². The van der Waals surface area contributed by atoms with Crippen LogP contribution < -0.4 is 5.32 Å². The van der Waals surface area contributed by atoms with Crippen LogP contribution in [0.15, 0.2) is 34.0 Å². The van der Waals surface area contributed by atoms with Gasteiger partial charge < -0.3 is 14.5 Å². The van der Waals surface area contributed by atoms with Crippen molar-refractivity contribution in [3.05, 3.63) is 30.2 Å². The van der Waals surface area contributed by atoms with E-state index in [-0.39, 0.29) is 35.0 Å². The average molecular weight is 415 g/mol. The number of halogens is 3. The molecule has 1 aliphatic heterocycles.